The number of benzene rings is 1. The fourth-order valence-electron chi connectivity index (χ4n) is 1.92. The van der Waals surface area contributed by atoms with Gasteiger partial charge in [-0.3, -0.25) is 4.79 Å². The Balaban J connectivity index is 2.15. The third-order valence-electron chi connectivity index (χ3n) is 2.96. The molecule has 0 unspecified atom stereocenters. The molecular formula is C14H15N3O3. The molecule has 20 heavy (non-hydrogen) atoms. The summed E-state index contributed by atoms with van der Waals surface area (Å²) in [5.74, 6) is -1.73. The number of hydrogen-bond acceptors (Lipinski definition) is 3. The fraction of sp³-hybridized carbons (Fsp3) is 0.214. The molecule has 1 aromatic heterocycles. The predicted molar refractivity (Wildman–Crippen MR) is 72.6 cm³/mol. The normalized spacial score (nSPS) is 11.9. The first-order chi connectivity index (χ1) is 9.49. The summed E-state index contributed by atoms with van der Waals surface area (Å²) in [4.78, 5) is 29.2. The van der Waals surface area contributed by atoms with E-state index in [0.29, 0.717) is 0 Å². The van der Waals surface area contributed by atoms with Gasteiger partial charge < -0.3 is 15.4 Å². The zero-order valence-electron chi connectivity index (χ0n) is 11.2. The van der Waals surface area contributed by atoms with E-state index in [0.717, 1.165) is 11.1 Å². The molecule has 104 valence electrons. The van der Waals surface area contributed by atoms with Crippen molar-refractivity contribution in [3.63, 3.8) is 0 Å². The second-order valence-corrected chi connectivity index (χ2v) is 4.54. The first-order valence-corrected chi connectivity index (χ1v) is 6.13. The largest absolute Gasteiger partial charge is 0.477 e. The van der Waals surface area contributed by atoms with Gasteiger partial charge in [-0.05, 0) is 19.4 Å². The number of carboxylic acids is 1. The number of carboxylic acid groups (broad SMARTS) is 1. The molecule has 0 aliphatic heterocycles. The Bertz CT molecular complexity index is 649. The lowest BCUT2D eigenvalue weighted by atomic mass is 10.1. The lowest BCUT2D eigenvalue weighted by molar-refractivity contribution is 0.0684. The van der Waals surface area contributed by atoms with Crippen LogP contribution in [0.15, 0.2) is 30.6 Å². The standard InChI is InChI=1S/C14H15N3O3/c1-8-4-3-5-10(6-8)9(2)17-13(18)11-12(14(19)20)16-7-15-11/h3-7,9H,1-2H3,(H,15,16)(H,17,18)(H,19,20)/t9-/m1/s1. The first-order valence-electron chi connectivity index (χ1n) is 6.13. The minimum atomic E-state index is -1.21. The van der Waals surface area contributed by atoms with E-state index in [4.69, 9.17) is 5.11 Å². The van der Waals surface area contributed by atoms with Crippen LogP contribution < -0.4 is 5.32 Å². The van der Waals surface area contributed by atoms with Gasteiger partial charge in [0.05, 0.1) is 12.4 Å². The van der Waals surface area contributed by atoms with Crippen molar-refractivity contribution in [2.75, 3.05) is 0 Å². The molecule has 1 atom stereocenters. The smallest absolute Gasteiger partial charge is 0.354 e. The van der Waals surface area contributed by atoms with Gasteiger partial charge in [-0.15, -0.1) is 0 Å². The maximum atomic E-state index is 12.0. The predicted octanol–water partition coefficient (Wildman–Crippen LogP) is 1.91. The molecule has 0 saturated carbocycles. The Morgan fingerprint density at radius 3 is 2.80 bits per heavy atom. The van der Waals surface area contributed by atoms with Crippen molar-refractivity contribution in [2.24, 2.45) is 0 Å². The molecule has 1 amide bonds. The molecular weight excluding hydrogens is 258 g/mol. The van der Waals surface area contributed by atoms with Crippen LogP contribution in [0.3, 0.4) is 0 Å². The van der Waals surface area contributed by atoms with Crippen LogP contribution in [-0.4, -0.2) is 27.0 Å². The van der Waals surface area contributed by atoms with Crippen LogP contribution in [0.1, 0.15) is 45.1 Å². The number of amides is 1. The molecule has 0 spiro atoms. The quantitative estimate of drug-likeness (QED) is 0.793. The van der Waals surface area contributed by atoms with Gasteiger partial charge in [0.25, 0.3) is 5.91 Å². The Labute approximate surface area is 115 Å². The molecule has 6 nitrogen and oxygen atoms in total. The van der Waals surface area contributed by atoms with Crippen LogP contribution in [0.2, 0.25) is 0 Å². The molecule has 0 radical (unpaired) electrons. The van der Waals surface area contributed by atoms with Crippen LogP contribution in [0, 0.1) is 6.92 Å². The van der Waals surface area contributed by atoms with Gasteiger partial charge in [0.2, 0.25) is 0 Å². The van der Waals surface area contributed by atoms with Crippen LogP contribution in [0.5, 0.6) is 0 Å². The van der Waals surface area contributed by atoms with Gasteiger partial charge in [0.15, 0.2) is 11.4 Å². The summed E-state index contributed by atoms with van der Waals surface area (Å²) in [6.45, 7) is 3.80. The van der Waals surface area contributed by atoms with E-state index >= 15 is 0 Å². The SMILES string of the molecule is Cc1cccc([C@@H](C)NC(=O)c2nc[nH]c2C(=O)O)c1. The first kappa shape index (κ1) is 13.8. The van der Waals surface area contributed by atoms with Crippen LogP contribution in [-0.2, 0) is 0 Å². The van der Waals surface area contributed by atoms with E-state index in [1.54, 1.807) is 0 Å². The zero-order chi connectivity index (χ0) is 14.7. The third kappa shape index (κ3) is 2.85. The van der Waals surface area contributed by atoms with Crippen molar-refractivity contribution in [1.29, 1.82) is 0 Å². The average Bonchev–Trinajstić information content (AvgIpc) is 2.88. The second-order valence-electron chi connectivity index (χ2n) is 4.54. The summed E-state index contributed by atoms with van der Waals surface area (Å²) in [6.07, 6.45) is 1.19. The van der Waals surface area contributed by atoms with E-state index < -0.39 is 11.9 Å². The number of H-pyrrole nitrogens is 1. The second kappa shape index (κ2) is 5.56. The average molecular weight is 273 g/mol. The number of carbonyl (C=O) groups excluding carboxylic acids is 1. The number of aromatic amines is 1. The van der Waals surface area contributed by atoms with Crippen molar-refractivity contribution in [3.05, 3.63) is 53.1 Å². The van der Waals surface area contributed by atoms with E-state index in [1.165, 1.54) is 6.33 Å². The number of imidazole rings is 1. The maximum absolute atomic E-state index is 12.0. The third-order valence-corrected chi connectivity index (χ3v) is 2.96. The molecule has 0 aliphatic rings. The Morgan fingerprint density at radius 1 is 1.40 bits per heavy atom. The molecule has 6 heteroatoms. The van der Waals surface area contributed by atoms with E-state index in [-0.39, 0.29) is 17.4 Å². The van der Waals surface area contributed by atoms with Gasteiger partial charge in [-0.1, -0.05) is 29.8 Å². The maximum Gasteiger partial charge on any atom is 0.354 e. The van der Waals surface area contributed by atoms with E-state index in [9.17, 15) is 9.59 Å². The number of carbonyl (C=O) groups is 2. The van der Waals surface area contributed by atoms with Crippen molar-refractivity contribution in [1.82, 2.24) is 15.3 Å². The molecule has 2 rings (SSSR count). The van der Waals surface area contributed by atoms with Gasteiger partial charge in [-0.25, -0.2) is 9.78 Å². The molecule has 3 N–H and O–H groups in total. The van der Waals surface area contributed by atoms with Gasteiger partial charge >= 0.3 is 5.97 Å². The van der Waals surface area contributed by atoms with Crippen molar-refractivity contribution in [2.45, 2.75) is 19.9 Å². The topological polar surface area (TPSA) is 95.1 Å². The molecule has 0 aliphatic carbocycles. The molecule has 1 aromatic carbocycles. The van der Waals surface area contributed by atoms with E-state index in [1.807, 2.05) is 38.1 Å². The molecule has 1 heterocycles. The van der Waals surface area contributed by atoms with Crippen LogP contribution >= 0.6 is 0 Å². The number of aromatic nitrogens is 2. The summed E-state index contributed by atoms with van der Waals surface area (Å²) >= 11 is 0. The van der Waals surface area contributed by atoms with Crippen LogP contribution in [0.4, 0.5) is 0 Å². The monoisotopic (exact) mass is 273 g/mol. The number of hydrogen-bond donors (Lipinski definition) is 3. The summed E-state index contributed by atoms with van der Waals surface area (Å²) < 4.78 is 0. The fourth-order valence-corrected chi connectivity index (χ4v) is 1.92. The van der Waals surface area contributed by atoms with Gasteiger partial charge in [0.1, 0.15) is 0 Å². The molecule has 0 fully saturated rings. The summed E-state index contributed by atoms with van der Waals surface area (Å²) in [5.41, 5.74) is 1.72. The highest BCUT2D eigenvalue weighted by atomic mass is 16.4. The molecule has 2 aromatic rings. The number of nitrogens with one attached hydrogen (secondary N) is 2. The number of aromatic carboxylic acids is 1. The van der Waals surface area contributed by atoms with E-state index in [2.05, 4.69) is 15.3 Å². The lowest BCUT2D eigenvalue weighted by Gasteiger charge is -2.14. The number of nitrogens with zero attached hydrogens (tertiary/aromatic N) is 1. The Kier molecular flexibility index (Phi) is 3.84. The summed E-state index contributed by atoms with van der Waals surface area (Å²) in [7, 11) is 0. The van der Waals surface area contributed by atoms with Gasteiger partial charge in [0, 0.05) is 0 Å². The highest BCUT2D eigenvalue weighted by molar-refractivity contribution is 6.02. The minimum absolute atomic E-state index is 0.114. The lowest BCUT2D eigenvalue weighted by Crippen LogP contribution is -2.28. The molecule has 0 saturated heterocycles. The van der Waals surface area contributed by atoms with Crippen molar-refractivity contribution in [3.8, 4) is 0 Å². The van der Waals surface area contributed by atoms with Crippen molar-refractivity contribution < 1.29 is 14.7 Å². The molecule has 0 bridgehead atoms. The van der Waals surface area contributed by atoms with Crippen LogP contribution in [0.25, 0.3) is 0 Å². The van der Waals surface area contributed by atoms with Crippen molar-refractivity contribution >= 4 is 11.9 Å². The van der Waals surface area contributed by atoms with Gasteiger partial charge in [-0.2, -0.15) is 0 Å². The highest BCUT2D eigenvalue weighted by Gasteiger charge is 2.21. The Hall–Kier alpha value is -2.63. The number of rotatable bonds is 4. The number of aryl methyl sites for hydroxylation is 1. The summed E-state index contributed by atoms with van der Waals surface area (Å²) in [5, 5.41) is 11.7. The Morgan fingerprint density at radius 2 is 2.15 bits per heavy atom. The minimum Gasteiger partial charge on any atom is -0.477 e. The summed E-state index contributed by atoms with van der Waals surface area (Å²) in [6, 6.07) is 7.51. The highest BCUT2D eigenvalue weighted by Crippen LogP contribution is 2.14. The zero-order valence-corrected chi connectivity index (χ0v) is 11.2.